The van der Waals surface area contributed by atoms with E-state index in [1.807, 2.05) is 6.92 Å². The molecule has 1 heterocycles. The van der Waals surface area contributed by atoms with Crippen molar-refractivity contribution < 1.29 is 9.84 Å². The fourth-order valence-electron chi connectivity index (χ4n) is 3.17. The Bertz CT molecular complexity index is 396. The first-order valence-corrected chi connectivity index (χ1v) is 10.6. The summed E-state index contributed by atoms with van der Waals surface area (Å²) in [5.41, 5.74) is -0.827. The quantitative estimate of drug-likeness (QED) is 0.251. The molecule has 1 aliphatic rings. The Hall–Kier alpha value is -0.890. The number of ether oxygens (including phenoxy) is 1. The Morgan fingerprint density at radius 2 is 1.78 bits per heavy atom. The minimum Gasteiger partial charge on any atom is -0.387 e. The van der Waals surface area contributed by atoms with Crippen LogP contribution in [0, 0.1) is 0 Å². The molecular formula is C20H43N5O2. The maximum Gasteiger partial charge on any atom is 0.191 e. The number of nitrogens with zero attached hydrogens (tertiary/aromatic N) is 3. The Kier molecular flexibility index (Phi) is 12.7. The van der Waals surface area contributed by atoms with Crippen molar-refractivity contribution in [2.24, 2.45) is 4.99 Å². The molecule has 0 aliphatic carbocycles. The second-order valence-electron chi connectivity index (χ2n) is 8.08. The van der Waals surface area contributed by atoms with Gasteiger partial charge in [0.05, 0.1) is 25.4 Å². The standard InChI is InChI=1S/C20H43N5O2/c1-5-21-19(22-11-9-7-6-8-10-12-24(3)4)23-17-20(2,26)18-25-13-15-27-16-14-25/h26H,5-18H2,1-4H3,(H2,21,22,23). The van der Waals surface area contributed by atoms with Gasteiger partial charge in [0.1, 0.15) is 0 Å². The molecule has 27 heavy (non-hydrogen) atoms. The molecule has 0 aromatic rings. The number of β-amino-alcohol motifs (C(OH)–C–C–N with tert-alkyl or cyclic N) is 1. The second-order valence-corrected chi connectivity index (χ2v) is 8.08. The third-order valence-corrected chi connectivity index (χ3v) is 4.66. The molecule has 0 spiro atoms. The molecular weight excluding hydrogens is 342 g/mol. The molecule has 0 saturated carbocycles. The second kappa shape index (κ2) is 14.2. The molecule has 3 N–H and O–H groups in total. The first-order chi connectivity index (χ1) is 12.9. The van der Waals surface area contributed by atoms with E-state index >= 15 is 0 Å². The molecule has 160 valence electrons. The summed E-state index contributed by atoms with van der Waals surface area (Å²) in [6.07, 6.45) is 6.27. The number of guanidine groups is 1. The predicted molar refractivity (Wildman–Crippen MR) is 114 cm³/mol. The molecule has 0 amide bonds. The first-order valence-electron chi connectivity index (χ1n) is 10.6. The lowest BCUT2D eigenvalue weighted by atomic mass is 10.1. The number of morpholine rings is 1. The minimum absolute atomic E-state index is 0.393. The van der Waals surface area contributed by atoms with E-state index in [-0.39, 0.29) is 0 Å². The monoisotopic (exact) mass is 385 g/mol. The van der Waals surface area contributed by atoms with Gasteiger partial charge in [-0.15, -0.1) is 0 Å². The maximum atomic E-state index is 10.7. The predicted octanol–water partition coefficient (Wildman–Crippen LogP) is 1.14. The van der Waals surface area contributed by atoms with Gasteiger partial charge >= 0.3 is 0 Å². The van der Waals surface area contributed by atoms with Crippen LogP contribution >= 0.6 is 0 Å². The van der Waals surface area contributed by atoms with E-state index in [0.29, 0.717) is 13.1 Å². The van der Waals surface area contributed by atoms with Crippen molar-refractivity contribution in [3.8, 4) is 0 Å². The number of hydrogen-bond acceptors (Lipinski definition) is 5. The molecule has 1 aliphatic heterocycles. The van der Waals surface area contributed by atoms with Crippen molar-refractivity contribution in [2.45, 2.75) is 51.6 Å². The third-order valence-electron chi connectivity index (χ3n) is 4.66. The summed E-state index contributed by atoms with van der Waals surface area (Å²) in [5.74, 6) is 0.798. The molecule has 0 radical (unpaired) electrons. The number of rotatable bonds is 13. The van der Waals surface area contributed by atoms with E-state index < -0.39 is 5.60 Å². The lowest BCUT2D eigenvalue weighted by Gasteiger charge is -2.33. The number of aliphatic hydroxyl groups is 1. The summed E-state index contributed by atoms with van der Waals surface area (Å²) in [6, 6.07) is 0. The van der Waals surface area contributed by atoms with Crippen molar-refractivity contribution in [2.75, 3.05) is 73.1 Å². The Morgan fingerprint density at radius 3 is 2.44 bits per heavy atom. The summed E-state index contributed by atoms with van der Waals surface area (Å²) in [7, 11) is 4.26. The van der Waals surface area contributed by atoms with Gasteiger partial charge in [0.25, 0.3) is 0 Å². The number of unbranched alkanes of at least 4 members (excludes halogenated alkanes) is 4. The highest BCUT2D eigenvalue weighted by Gasteiger charge is 2.25. The van der Waals surface area contributed by atoms with Crippen LogP contribution in [0.15, 0.2) is 4.99 Å². The van der Waals surface area contributed by atoms with Crippen LogP contribution in [0.3, 0.4) is 0 Å². The first kappa shape index (κ1) is 24.1. The van der Waals surface area contributed by atoms with Crippen molar-refractivity contribution in [1.29, 1.82) is 0 Å². The topological polar surface area (TPSA) is 72.4 Å². The molecule has 1 atom stereocenters. The van der Waals surface area contributed by atoms with Gasteiger partial charge in [0.15, 0.2) is 5.96 Å². The van der Waals surface area contributed by atoms with Crippen LogP contribution in [0.1, 0.15) is 46.0 Å². The van der Waals surface area contributed by atoms with Gasteiger partial charge in [-0.2, -0.15) is 0 Å². The highest BCUT2D eigenvalue weighted by atomic mass is 16.5. The van der Waals surface area contributed by atoms with Crippen LogP contribution in [-0.2, 0) is 4.74 Å². The normalized spacial score (nSPS) is 18.5. The molecule has 0 aromatic carbocycles. The van der Waals surface area contributed by atoms with E-state index in [4.69, 9.17) is 4.74 Å². The van der Waals surface area contributed by atoms with Crippen molar-refractivity contribution in [3.05, 3.63) is 0 Å². The molecule has 7 heteroatoms. The molecule has 1 rings (SSSR count). The van der Waals surface area contributed by atoms with E-state index in [1.165, 1.54) is 32.2 Å². The van der Waals surface area contributed by atoms with E-state index in [9.17, 15) is 5.11 Å². The summed E-state index contributed by atoms with van der Waals surface area (Å²) < 4.78 is 5.37. The number of hydrogen-bond donors (Lipinski definition) is 3. The Morgan fingerprint density at radius 1 is 1.11 bits per heavy atom. The lowest BCUT2D eigenvalue weighted by Crippen LogP contribution is -2.48. The van der Waals surface area contributed by atoms with E-state index in [2.05, 4.69) is 46.4 Å². The fourth-order valence-corrected chi connectivity index (χ4v) is 3.17. The van der Waals surface area contributed by atoms with Gasteiger partial charge in [-0.25, -0.2) is 0 Å². The number of nitrogens with one attached hydrogen (secondary N) is 2. The van der Waals surface area contributed by atoms with Crippen LogP contribution < -0.4 is 10.6 Å². The van der Waals surface area contributed by atoms with Gasteiger partial charge in [0.2, 0.25) is 0 Å². The zero-order valence-electron chi connectivity index (χ0n) is 18.1. The van der Waals surface area contributed by atoms with Crippen LogP contribution in [-0.4, -0.2) is 99.6 Å². The zero-order valence-corrected chi connectivity index (χ0v) is 18.1. The van der Waals surface area contributed by atoms with Crippen LogP contribution in [0.4, 0.5) is 0 Å². The summed E-state index contributed by atoms with van der Waals surface area (Å²) in [4.78, 5) is 9.09. The molecule has 0 bridgehead atoms. The molecule has 0 aromatic heterocycles. The van der Waals surface area contributed by atoms with Gasteiger partial charge in [-0.05, 0) is 47.3 Å². The van der Waals surface area contributed by atoms with Gasteiger partial charge in [0, 0.05) is 32.7 Å². The minimum atomic E-state index is -0.827. The Balaban J connectivity index is 2.23. The summed E-state index contributed by atoms with van der Waals surface area (Å²) >= 11 is 0. The zero-order chi connectivity index (χ0) is 20.0. The van der Waals surface area contributed by atoms with Crippen LogP contribution in [0.2, 0.25) is 0 Å². The average molecular weight is 386 g/mol. The fraction of sp³-hybridized carbons (Fsp3) is 0.950. The third kappa shape index (κ3) is 13.0. The highest BCUT2D eigenvalue weighted by molar-refractivity contribution is 5.79. The van der Waals surface area contributed by atoms with Gasteiger partial charge in [-0.3, -0.25) is 9.89 Å². The largest absolute Gasteiger partial charge is 0.387 e. The molecule has 1 unspecified atom stereocenters. The highest BCUT2D eigenvalue weighted by Crippen LogP contribution is 2.09. The Labute approximate surface area is 166 Å². The maximum absolute atomic E-state index is 10.7. The SMILES string of the molecule is CCNC(=NCC(C)(O)CN1CCOCC1)NCCCCCCCN(C)C. The summed E-state index contributed by atoms with van der Waals surface area (Å²) in [5, 5.41) is 17.3. The van der Waals surface area contributed by atoms with Crippen molar-refractivity contribution >= 4 is 5.96 Å². The van der Waals surface area contributed by atoms with Gasteiger partial charge in [-0.1, -0.05) is 19.3 Å². The van der Waals surface area contributed by atoms with Crippen molar-refractivity contribution in [3.63, 3.8) is 0 Å². The molecule has 1 saturated heterocycles. The van der Waals surface area contributed by atoms with Gasteiger partial charge < -0.3 is 25.4 Å². The van der Waals surface area contributed by atoms with E-state index in [1.54, 1.807) is 0 Å². The van der Waals surface area contributed by atoms with Crippen LogP contribution in [0.25, 0.3) is 0 Å². The average Bonchev–Trinajstić information content (AvgIpc) is 2.62. The van der Waals surface area contributed by atoms with E-state index in [0.717, 1.165) is 51.8 Å². The van der Waals surface area contributed by atoms with Crippen LogP contribution in [0.5, 0.6) is 0 Å². The molecule has 7 nitrogen and oxygen atoms in total. The van der Waals surface area contributed by atoms with Crippen molar-refractivity contribution in [1.82, 2.24) is 20.4 Å². The lowest BCUT2D eigenvalue weighted by molar-refractivity contribution is -0.0179. The molecule has 1 fully saturated rings. The summed E-state index contributed by atoms with van der Waals surface area (Å²) in [6.45, 7) is 11.1. The number of aliphatic imine (C=N–C) groups is 1. The smallest absolute Gasteiger partial charge is 0.191 e.